The zero-order valence-corrected chi connectivity index (χ0v) is 11.7. The van der Waals surface area contributed by atoms with Gasteiger partial charge in [0.15, 0.2) is 16.7 Å². The minimum atomic E-state index is -0.913. The average molecular weight is 282 g/mol. The number of nitrogens with zero attached hydrogens (tertiary/aromatic N) is 2. The van der Waals surface area contributed by atoms with Crippen molar-refractivity contribution in [1.29, 1.82) is 0 Å². The Morgan fingerprint density at radius 1 is 1.37 bits per heavy atom. The van der Waals surface area contributed by atoms with Gasteiger partial charge in [0.05, 0.1) is 25.3 Å². The second-order valence-electron chi connectivity index (χ2n) is 3.77. The number of thioether (sulfide) groups is 1. The largest absolute Gasteiger partial charge is 0.493 e. The van der Waals surface area contributed by atoms with Crippen molar-refractivity contribution >= 4 is 28.8 Å². The molecule has 1 aromatic heterocycles. The van der Waals surface area contributed by atoms with E-state index < -0.39 is 5.97 Å². The van der Waals surface area contributed by atoms with Gasteiger partial charge >= 0.3 is 5.97 Å². The number of benzene rings is 1. The van der Waals surface area contributed by atoms with E-state index in [-0.39, 0.29) is 6.54 Å². The van der Waals surface area contributed by atoms with E-state index in [1.54, 1.807) is 23.8 Å². The topological polar surface area (TPSA) is 73.6 Å². The van der Waals surface area contributed by atoms with Crippen molar-refractivity contribution in [2.45, 2.75) is 11.7 Å². The van der Waals surface area contributed by atoms with Crippen LogP contribution < -0.4 is 9.47 Å². The molecular formula is C12H14N2O4S. The van der Waals surface area contributed by atoms with Gasteiger partial charge in [0.25, 0.3) is 0 Å². The molecule has 0 aliphatic heterocycles. The highest BCUT2D eigenvalue weighted by Crippen LogP contribution is 2.33. The van der Waals surface area contributed by atoms with Crippen LogP contribution in [0.1, 0.15) is 0 Å². The fourth-order valence-electron chi connectivity index (χ4n) is 1.87. The van der Waals surface area contributed by atoms with Crippen LogP contribution in [0.4, 0.5) is 0 Å². The van der Waals surface area contributed by atoms with Gasteiger partial charge in [-0.1, -0.05) is 11.8 Å². The lowest BCUT2D eigenvalue weighted by atomic mass is 10.2. The molecule has 0 fully saturated rings. The lowest BCUT2D eigenvalue weighted by Crippen LogP contribution is -2.09. The maximum atomic E-state index is 10.9. The van der Waals surface area contributed by atoms with E-state index in [1.807, 2.05) is 6.26 Å². The van der Waals surface area contributed by atoms with Crippen LogP contribution in [-0.2, 0) is 11.3 Å². The number of aliphatic carboxylic acids is 1. The van der Waals surface area contributed by atoms with Crippen LogP contribution in [0.5, 0.6) is 11.5 Å². The number of aromatic nitrogens is 2. The number of fused-ring (bicyclic) bond motifs is 1. The summed E-state index contributed by atoms with van der Waals surface area (Å²) in [5, 5.41) is 9.62. The highest BCUT2D eigenvalue weighted by molar-refractivity contribution is 7.98. The Morgan fingerprint density at radius 3 is 2.53 bits per heavy atom. The Labute approximate surface area is 114 Å². The number of carboxylic acids is 1. The maximum absolute atomic E-state index is 10.9. The summed E-state index contributed by atoms with van der Waals surface area (Å²) < 4.78 is 12.1. The highest BCUT2D eigenvalue weighted by Gasteiger charge is 2.16. The van der Waals surface area contributed by atoms with E-state index in [1.165, 1.54) is 18.9 Å². The fraction of sp³-hybridized carbons (Fsp3) is 0.333. The molecule has 0 unspecified atom stereocenters. The monoisotopic (exact) mass is 282 g/mol. The van der Waals surface area contributed by atoms with Crippen molar-refractivity contribution in [1.82, 2.24) is 9.55 Å². The highest BCUT2D eigenvalue weighted by atomic mass is 32.2. The number of hydrogen-bond acceptors (Lipinski definition) is 5. The lowest BCUT2D eigenvalue weighted by molar-refractivity contribution is -0.137. The van der Waals surface area contributed by atoms with Crippen LogP contribution in [0.25, 0.3) is 11.0 Å². The predicted octanol–water partition coefficient (Wildman–Crippen LogP) is 1.86. The summed E-state index contributed by atoms with van der Waals surface area (Å²) in [6, 6.07) is 3.48. The summed E-state index contributed by atoms with van der Waals surface area (Å²) in [6.07, 6.45) is 1.86. The molecular weight excluding hydrogens is 268 g/mol. The third kappa shape index (κ3) is 2.46. The minimum Gasteiger partial charge on any atom is -0.493 e. The smallest absolute Gasteiger partial charge is 0.323 e. The Kier molecular flexibility index (Phi) is 3.84. The molecule has 7 heteroatoms. The van der Waals surface area contributed by atoms with Gasteiger partial charge in [-0.15, -0.1) is 0 Å². The number of imidazole rings is 1. The number of carboxylic acid groups (broad SMARTS) is 1. The molecule has 19 heavy (non-hydrogen) atoms. The summed E-state index contributed by atoms with van der Waals surface area (Å²) in [6.45, 7) is -0.137. The van der Waals surface area contributed by atoms with Crippen molar-refractivity contribution in [3.05, 3.63) is 12.1 Å². The van der Waals surface area contributed by atoms with Gasteiger partial charge in [0.1, 0.15) is 6.54 Å². The number of hydrogen-bond donors (Lipinski definition) is 1. The first-order valence-corrected chi connectivity index (χ1v) is 6.71. The molecule has 102 valence electrons. The van der Waals surface area contributed by atoms with Crippen molar-refractivity contribution in [2.75, 3.05) is 20.5 Å². The number of rotatable bonds is 5. The zero-order valence-electron chi connectivity index (χ0n) is 10.8. The molecule has 0 aliphatic rings. The van der Waals surface area contributed by atoms with Crippen LogP contribution in [0.2, 0.25) is 0 Å². The first-order valence-electron chi connectivity index (χ1n) is 5.48. The molecule has 1 N–H and O–H groups in total. The third-order valence-electron chi connectivity index (χ3n) is 2.69. The van der Waals surface area contributed by atoms with Crippen LogP contribution in [0.15, 0.2) is 17.3 Å². The third-order valence-corrected chi connectivity index (χ3v) is 3.37. The molecule has 0 saturated carbocycles. The van der Waals surface area contributed by atoms with Crippen LogP contribution in [0, 0.1) is 0 Å². The quantitative estimate of drug-likeness (QED) is 0.844. The second kappa shape index (κ2) is 5.40. The molecule has 6 nitrogen and oxygen atoms in total. The maximum Gasteiger partial charge on any atom is 0.323 e. The van der Waals surface area contributed by atoms with Gasteiger partial charge in [-0.2, -0.15) is 0 Å². The molecule has 0 saturated heterocycles. The first kappa shape index (κ1) is 13.5. The van der Waals surface area contributed by atoms with Crippen molar-refractivity contribution in [2.24, 2.45) is 0 Å². The minimum absolute atomic E-state index is 0.137. The predicted molar refractivity (Wildman–Crippen MR) is 72.3 cm³/mol. The van der Waals surface area contributed by atoms with E-state index >= 15 is 0 Å². The van der Waals surface area contributed by atoms with E-state index in [2.05, 4.69) is 4.98 Å². The van der Waals surface area contributed by atoms with Gasteiger partial charge in [-0.05, 0) is 6.26 Å². The SMILES string of the molecule is COc1cc2nc(SC)n(CC(=O)O)c2cc1OC. The van der Waals surface area contributed by atoms with Crippen molar-refractivity contribution in [3.63, 3.8) is 0 Å². The second-order valence-corrected chi connectivity index (χ2v) is 4.55. The Bertz CT molecular complexity index is 624. The molecule has 1 aromatic carbocycles. The average Bonchev–Trinajstić information content (AvgIpc) is 2.73. The zero-order chi connectivity index (χ0) is 14.0. The summed E-state index contributed by atoms with van der Waals surface area (Å²) in [5.74, 6) is 0.209. The van der Waals surface area contributed by atoms with Gasteiger partial charge in [0.2, 0.25) is 0 Å². The van der Waals surface area contributed by atoms with Gasteiger partial charge in [0, 0.05) is 12.1 Å². The molecule has 1 heterocycles. The standard InChI is InChI=1S/C12H14N2O4S/c1-17-9-4-7-8(5-10(9)18-2)14(6-11(15)16)12(13-7)19-3/h4-5H,6H2,1-3H3,(H,15,16). The first-order chi connectivity index (χ1) is 9.10. The summed E-state index contributed by atoms with van der Waals surface area (Å²) >= 11 is 1.40. The van der Waals surface area contributed by atoms with Gasteiger partial charge in [-0.25, -0.2) is 4.98 Å². The van der Waals surface area contributed by atoms with Crippen molar-refractivity contribution in [3.8, 4) is 11.5 Å². The van der Waals surface area contributed by atoms with E-state index in [9.17, 15) is 4.79 Å². The number of methoxy groups -OCH3 is 2. The normalized spacial score (nSPS) is 10.7. The molecule has 0 spiro atoms. The molecule has 0 aliphatic carbocycles. The van der Waals surface area contributed by atoms with Crippen molar-refractivity contribution < 1.29 is 19.4 Å². The van der Waals surface area contributed by atoms with Gasteiger partial charge < -0.3 is 19.1 Å². The summed E-state index contributed by atoms with van der Waals surface area (Å²) in [4.78, 5) is 15.3. The molecule has 0 atom stereocenters. The lowest BCUT2D eigenvalue weighted by Gasteiger charge is -2.08. The molecule has 0 radical (unpaired) electrons. The van der Waals surface area contributed by atoms with E-state index in [0.717, 1.165) is 0 Å². The summed E-state index contributed by atoms with van der Waals surface area (Å²) in [7, 11) is 3.09. The molecule has 0 bridgehead atoms. The van der Waals surface area contributed by atoms with E-state index in [4.69, 9.17) is 14.6 Å². The van der Waals surface area contributed by atoms with Crippen LogP contribution >= 0.6 is 11.8 Å². The molecule has 0 amide bonds. The Morgan fingerprint density at radius 2 is 2.00 bits per heavy atom. The number of ether oxygens (including phenoxy) is 2. The van der Waals surface area contributed by atoms with E-state index in [0.29, 0.717) is 27.7 Å². The van der Waals surface area contributed by atoms with Gasteiger partial charge in [-0.3, -0.25) is 4.79 Å². The van der Waals surface area contributed by atoms with Crippen LogP contribution in [-0.4, -0.2) is 41.1 Å². The fourth-order valence-corrected chi connectivity index (χ4v) is 2.45. The van der Waals surface area contributed by atoms with Crippen LogP contribution in [0.3, 0.4) is 0 Å². The Hall–Kier alpha value is -1.89. The number of carbonyl (C=O) groups is 1. The summed E-state index contributed by atoms with van der Waals surface area (Å²) in [5.41, 5.74) is 1.40. The molecule has 2 rings (SSSR count). The Balaban J connectivity index is 2.67. The molecule has 2 aromatic rings.